The molecule has 2 nitrogen and oxygen atoms in total. The van der Waals surface area contributed by atoms with Crippen molar-refractivity contribution >= 4 is 27.3 Å². The van der Waals surface area contributed by atoms with E-state index < -0.39 is 0 Å². The van der Waals surface area contributed by atoms with Gasteiger partial charge in [-0.15, -0.1) is 11.3 Å². The van der Waals surface area contributed by atoms with Crippen molar-refractivity contribution < 1.29 is 0 Å². The highest BCUT2D eigenvalue weighted by Crippen LogP contribution is 2.23. The Morgan fingerprint density at radius 3 is 2.89 bits per heavy atom. The van der Waals surface area contributed by atoms with E-state index in [2.05, 4.69) is 51.6 Å². The zero-order valence-electron chi connectivity index (χ0n) is 11.3. The minimum absolute atomic E-state index is 0.663. The molecular formula is C14H23BrN2S. The zero-order chi connectivity index (χ0) is 13.0. The van der Waals surface area contributed by atoms with Gasteiger partial charge in [-0.2, -0.15) is 0 Å². The van der Waals surface area contributed by atoms with Crippen molar-refractivity contribution in [2.45, 2.75) is 51.2 Å². The summed E-state index contributed by atoms with van der Waals surface area (Å²) in [5.41, 5.74) is 0. The molecule has 0 aliphatic heterocycles. The second-order valence-electron chi connectivity index (χ2n) is 5.27. The van der Waals surface area contributed by atoms with E-state index in [0.29, 0.717) is 6.04 Å². The summed E-state index contributed by atoms with van der Waals surface area (Å²) in [6.07, 6.45) is 5.29. The molecule has 18 heavy (non-hydrogen) atoms. The van der Waals surface area contributed by atoms with Crippen molar-refractivity contribution in [2.24, 2.45) is 0 Å². The molecule has 0 amide bonds. The highest BCUT2D eigenvalue weighted by Gasteiger charge is 2.23. The predicted octanol–water partition coefficient (Wildman–Crippen LogP) is 3.86. The van der Waals surface area contributed by atoms with Crippen molar-refractivity contribution in [3.8, 4) is 0 Å². The maximum atomic E-state index is 3.67. The van der Waals surface area contributed by atoms with E-state index >= 15 is 0 Å². The molecule has 1 atom stereocenters. The Morgan fingerprint density at radius 1 is 1.56 bits per heavy atom. The smallest absolute Gasteiger partial charge is 0.0328 e. The monoisotopic (exact) mass is 330 g/mol. The molecule has 1 aromatic rings. The molecule has 1 saturated carbocycles. The van der Waals surface area contributed by atoms with Gasteiger partial charge in [-0.25, -0.2) is 0 Å². The van der Waals surface area contributed by atoms with Gasteiger partial charge in [-0.3, -0.25) is 4.90 Å². The largest absolute Gasteiger partial charge is 0.312 e. The van der Waals surface area contributed by atoms with Crippen LogP contribution in [-0.4, -0.2) is 30.6 Å². The van der Waals surface area contributed by atoms with Crippen LogP contribution in [0.25, 0.3) is 0 Å². The van der Waals surface area contributed by atoms with E-state index in [1.54, 1.807) is 0 Å². The molecule has 1 aliphatic rings. The van der Waals surface area contributed by atoms with Gasteiger partial charge in [0.1, 0.15) is 0 Å². The lowest BCUT2D eigenvalue weighted by molar-refractivity contribution is 0.216. The summed E-state index contributed by atoms with van der Waals surface area (Å²) in [4.78, 5) is 3.94. The highest BCUT2D eigenvalue weighted by atomic mass is 79.9. The normalized spacial score (nSPS) is 17.3. The van der Waals surface area contributed by atoms with Crippen LogP contribution >= 0.6 is 27.3 Å². The second-order valence-corrected chi connectivity index (χ2v) is 7.18. The van der Waals surface area contributed by atoms with Gasteiger partial charge in [0.15, 0.2) is 0 Å². The molecule has 0 spiro atoms. The summed E-state index contributed by atoms with van der Waals surface area (Å²) in [6, 6.07) is 3.71. The summed E-state index contributed by atoms with van der Waals surface area (Å²) in [6.45, 7) is 4.48. The van der Waals surface area contributed by atoms with E-state index in [-0.39, 0.29) is 0 Å². The Balaban J connectivity index is 1.83. The molecule has 0 bridgehead atoms. The van der Waals surface area contributed by atoms with E-state index in [9.17, 15) is 0 Å². The van der Waals surface area contributed by atoms with Crippen LogP contribution in [0.4, 0.5) is 0 Å². The number of nitrogens with zero attached hydrogens (tertiary/aromatic N) is 1. The van der Waals surface area contributed by atoms with Gasteiger partial charge in [0.05, 0.1) is 0 Å². The Labute approximate surface area is 123 Å². The molecule has 2 rings (SSSR count). The van der Waals surface area contributed by atoms with Gasteiger partial charge in [0.2, 0.25) is 0 Å². The number of nitrogens with one attached hydrogen (secondary N) is 1. The van der Waals surface area contributed by atoms with Crippen LogP contribution in [0.5, 0.6) is 0 Å². The first-order valence-corrected chi connectivity index (χ1v) is 8.53. The Bertz CT molecular complexity index is 362. The molecule has 0 saturated heterocycles. The van der Waals surface area contributed by atoms with Crippen LogP contribution in [0.3, 0.4) is 0 Å². The van der Waals surface area contributed by atoms with Crippen LogP contribution in [0, 0.1) is 0 Å². The second kappa shape index (κ2) is 7.04. The zero-order valence-corrected chi connectivity index (χ0v) is 13.7. The lowest BCUT2D eigenvalue weighted by Crippen LogP contribution is -2.40. The summed E-state index contributed by atoms with van der Waals surface area (Å²) in [7, 11) is 2.25. The van der Waals surface area contributed by atoms with Crippen molar-refractivity contribution in [1.29, 1.82) is 0 Å². The molecule has 102 valence electrons. The van der Waals surface area contributed by atoms with Crippen LogP contribution < -0.4 is 5.32 Å². The quantitative estimate of drug-likeness (QED) is 0.778. The van der Waals surface area contributed by atoms with Crippen LogP contribution in [0.2, 0.25) is 0 Å². The standard InChI is InChI=1S/C14H23BrN2S/c1-3-4-13(8-16-12-5-6-12)17(2)9-14-7-11(15)10-18-14/h7,10,12-13,16H,3-6,8-9H2,1-2H3. The van der Waals surface area contributed by atoms with Crippen LogP contribution in [0.1, 0.15) is 37.5 Å². The molecule has 4 heteroatoms. The minimum atomic E-state index is 0.663. The first-order chi connectivity index (χ1) is 8.69. The SMILES string of the molecule is CCCC(CNC1CC1)N(C)Cc1cc(Br)cs1. The van der Waals surface area contributed by atoms with E-state index in [1.807, 2.05) is 11.3 Å². The van der Waals surface area contributed by atoms with Gasteiger partial charge >= 0.3 is 0 Å². The summed E-state index contributed by atoms with van der Waals surface area (Å²) >= 11 is 5.37. The number of halogens is 1. The lowest BCUT2D eigenvalue weighted by atomic mass is 10.1. The average molecular weight is 331 g/mol. The molecule has 1 fully saturated rings. The van der Waals surface area contributed by atoms with E-state index in [4.69, 9.17) is 0 Å². The first kappa shape index (κ1) is 14.5. The average Bonchev–Trinajstić information content (AvgIpc) is 3.08. The van der Waals surface area contributed by atoms with Crippen molar-refractivity contribution in [3.63, 3.8) is 0 Å². The van der Waals surface area contributed by atoms with Crippen molar-refractivity contribution in [3.05, 3.63) is 20.8 Å². The number of hydrogen-bond acceptors (Lipinski definition) is 3. The molecule has 1 aromatic heterocycles. The maximum Gasteiger partial charge on any atom is 0.0328 e. The first-order valence-electron chi connectivity index (χ1n) is 6.85. The number of hydrogen-bond donors (Lipinski definition) is 1. The van der Waals surface area contributed by atoms with Gasteiger partial charge in [0, 0.05) is 39.9 Å². The maximum absolute atomic E-state index is 3.67. The third-order valence-corrected chi connectivity index (χ3v) is 5.17. The van der Waals surface area contributed by atoms with Gasteiger partial charge in [0.25, 0.3) is 0 Å². The van der Waals surface area contributed by atoms with Crippen LogP contribution in [-0.2, 0) is 6.54 Å². The summed E-state index contributed by atoms with van der Waals surface area (Å²) < 4.78 is 1.21. The van der Waals surface area contributed by atoms with Crippen molar-refractivity contribution in [2.75, 3.05) is 13.6 Å². The third-order valence-electron chi connectivity index (χ3n) is 3.49. The molecular weight excluding hydrogens is 308 g/mol. The number of likely N-dealkylation sites (N-methyl/N-ethyl adjacent to an activating group) is 1. The Kier molecular flexibility index (Phi) is 5.67. The highest BCUT2D eigenvalue weighted by molar-refractivity contribution is 9.10. The van der Waals surface area contributed by atoms with Crippen molar-refractivity contribution in [1.82, 2.24) is 10.2 Å². The molecule has 1 aliphatic carbocycles. The molecule has 1 unspecified atom stereocenters. The van der Waals surface area contributed by atoms with Gasteiger partial charge in [-0.1, -0.05) is 13.3 Å². The minimum Gasteiger partial charge on any atom is -0.312 e. The molecule has 0 aromatic carbocycles. The third kappa shape index (κ3) is 4.65. The predicted molar refractivity (Wildman–Crippen MR) is 83.2 cm³/mol. The number of rotatable bonds is 8. The molecule has 0 radical (unpaired) electrons. The summed E-state index contributed by atoms with van der Waals surface area (Å²) in [5.74, 6) is 0. The van der Waals surface area contributed by atoms with E-state index in [0.717, 1.165) is 19.1 Å². The Hall–Kier alpha value is 0.1000. The van der Waals surface area contributed by atoms with E-state index in [1.165, 1.54) is 35.0 Å². The fourth-order valence-electron chi connectivity index (χ4n) is 2.21. The fraction of sp³-hybridized carbons (Fsp3) is 0.714. The van der Waals surface area contributed by atoms with Crippen LogP contribution in [0.15, 0.2) is 15.9 Å². The van der Waals surface area contributed by atoms with Gasteiger partial charge in [-0.05, 0) is 48.3 Å². The molecule has 1 heterocycles. The van der Waals surface area contributed by atoms with Gasteiger partial charge < -0.3 is 5.32 Å². The topological polar surface area (TPSA) is 15.3 Å². The molecule has 1 N–H and O–H groups in total. The Morgan fingerprint density at radius 2 is 2.33 bits per heavy atom. The number of thiophene rings is 1. The summed E-state index contributed by atoms with van der Waals surface area (Å²) in [5, 5.41) is 5.83. The fourth-order valence-corrected chi connectivity index (χ4v) is 3.73. The lowest BCUT2D eigenvalue weighted by Gasteiger charge is -2.28.